The predicted molar refractivity (Wildman–Crippen MR) is 94.0 cm³/mol. The molecule has 2 rings (SSSR count). The molecular weight excluding hydrogens is 306 g/mol. The number of thioether (sulfide) groups is 1. The smallest absolute Gasteiger partial charge is 0.157 e. The van der Waals surface area contributed by atoms with Gasteiger partial charge in [0, 0.05) is 11.5 Å². The van der Waals surface area contributed by atoms with Crippen LogP contribution in [0.4, 0.5) is 0 Å². The third-order valence-electron chi connectivity index (χ3n) is 3.42. The Balaban J connectivity index is 1.88. The molecule has 1 heterocycles. The molecule has 2 nitrogen and oxygen atoms in total. The van der Waals surface area contributed by atoms with E-state index in [2.05, 4.69) is 41.7 Å². The van der Waals surface area contributed by atoms with Gasteiger partial charge in [0.1, 0.15) is 4.32 Å². The zero-order valence-electron chi connectivity index (χ0n) is 11.6. The number of thiocarbonyl (C=S) groups is 1. The van der Waals surface area contributed by atoms with Crippen LogP contribution in [0.25, 0.3) is 0 Å². The van der Waals surface area contributed by atoms with Gasteiger partial charge in [0.05, 0.1) is 5.37 Å². The molecule has 0 amide bonds. The number of hydrogen-bond acceptors (Lipinski definition) is 3. The molecule has 1 aromatic rings. The molecule has 1 aromatic carbocycles. The van der Waals surface area contributed by atoms with Crippen LogP contribution in [0.15, 0.2) is 24.3 Å². The molecule has 0 saturated carbocycles. The van der Waals surface area contributed by atoms with E-state index >= 15 is 0 Å². The van der Waals surface area contributed by atoms with Crippen molar-refractivity contribution in [2.75, 3.05) is 5.75 Å². The standard InChI is InChI=1S/C15H19NOS3/c1-2-12-6-3-4-7-13(12)10-19-15(18)16-14-8-5-9-20(14)11-17/h3-4,6-7,14H,2,5,8-10H2,1H3,(H,16,18). The van der Waals surface area contributed by atoms with Crippen molar-refractivity contribution in [2.24, 2.45) is 0 Å². The Morgan fingerprint density at radius 2 is 2.25 bits per heavy atom. The van der Waals surface area contributed by atoms with Gasteiger partial charge < -0.3 is 5.32 Å². The van der Waals surface area contributed by atoms with E-state index in [1.807, 2.05) is 0 Å². The zero-order chi connectivity index (χ0) is 14.4. The van der Waals surface area contributed by atoms with Gasteiger partial charge in [-0.2, -0.15) is 0 Å². The number of nitrogens with one attached hydrogen (secondary N) is 1. The molecule has 1 N–H and O–H groups in total. The fourth-order valence-corrected chi connectivity index (χ4v) is 5.25. The Kier molecular flexibility index (Phi) is 6.30. The first-order valence-electron chi connectivity index (χ1n) is 6.82. The normalized spacial score (nSPS) is 21.4. The van der Waals surface area contributed by atoms with Gasteiger partial charge in [0.25, 0.3) is 0 Å². The van der Waals surface area contributed by atoms with E-state index in [4.69, 9.17) is 12.2 Å². The van der Waals surface area contributed by atoms with Crippen molar-refractivity contribution < 1.29 is 4.79 Å². The van der Waals surface area contributed by atoms with Crippen LogP contribution in [0.3, 0.4) is 0 Å². The van der Waals surface area contributed by atoms with Gasteiger partial charge in [0.2, 0.25) is 0 Å². The van der Waals surface area contributed by atoms with E-state index in [1.54, 1.807) is 11.8 Å². The van der Waals surface area contributed by atoms with Crippen LogP contribution in [0.5, 0.6) is 0 Å². The second-order valence-electron chi connectivity index (χ2n) is 4.69. The molecular formula is C15H19NOS3. The molecule has 5 heteroatoms. The number of carbonyl (C=O) groups excluding carboxylic acids is 1. The molecule has 20 heavy (non-hydrogen) atoms. The van der Waals surface area contributed by atoms with Crippen LogP contribution in [-0.4, -0.2) is 20.7 Å². The van der Waals surface area contributed by atoms with Crippen LogP contribution in [-0.2, 0) is 17.0 Å². The van der Waals surface area contributed by atoms with Crippen LogP contribution in [0, 0.1) is 0 Å². The topological polar surface area (TPSA) is 29.1 Å². The van der Waals surface area contributed by atoms with Gasteiger partial charge in [0.15, 0.2) is 5.23 Å². The molecule has 0 spiro atoms. The van der Waals surface area contributed by atoms with Gasteiger partial charge >= 0.3 is 0 Å². The highest BCUT2D eigenvalue weighted by Crippen LogP contribution is 2.31. The summed E-state index contributed by atoms with van der Waals surface area (Å²) in [6, 6.07) is 8.48. The van der Waals surface area contributed by atoms with E-state index in [1.165, 1.54) is 11.1 Å². The predicted octanol–water partition coefficient (Wildman–Crippen LogP) is 3.81. The minimum absolute atomic E-state index is 0.217. The van der Waals surface area contributed by atoms with E-state index < -0.39 is 0 Å². The lowest BCUT2D eigenvalue weighted by molar-refractivity contribution is 0.571. The Labute approximate surface area is 132 Å². The third kappa shape index (κ3) is 4.19. The number of aryl methyl sites for hydroxylation is 1. The SMILES string of the molecule is CCc1ccccc1CSC(=S)NC1CCCS1=C=O. The minimum Gasteiger partial charge on any atom is -0.359 e. The number of hydrogen-bond donors (Lipinski definition) is 1. The van der Waals surface area contributed by atoms with E-state index in [-0.39, 0.29) is 15.9 Å². The van der Waals surface area contributed by atoms with Gasteiger partial charge in [-0.05, 0) is 30.4 Å². The second kappa shape index (κ2) is 7.99. The molecule has 0 aliphatic carbocycles. The molecule has 2 unspecified atom stereocenters. The summed E-state index contributed by atoms with van der Waals surface area (Å²) in [5.74, 6) is 1.86. The number of rotatable bonds is 4. The van der Waals surface area contributed by atoms with Crippen LogP contribution < -0.4 is 5.32 Å². The quantitative estimate of drug-likeness (QED) is 0.852. The first kappa shape index (κ1) is 15.8. The molecule has 0 bridgehead atoms. The van der Waals surface area contributed by atoms with Crippen molar-refractivity contribution in [3.8, 4) is 0 Å². The highest BCUT2D eigenvalue weighted by molar-refractivity contribution is 8.22. The van der Waals surface area contributed by atoms with Crippen LogP contribution in [0.1, 0.15) is 30.9 Å². The second-order valence-corrected chi connectivity index (χ2v) is 8.34. The maximum absolute atomic E-state index is 10.9. The van der Waals surface area contributed by atoms with Crippen molar-refractivity contribution in [3.63, 3.8) is 0 Å². The van der Waals surface area contributed by atoms with E-state index in [0.29, 0.717) is 0 Å². The lowest BCUT2D eigenvalue weighted by Crippen LogP contribution is -2.28. The largest absolute Gasteiger partial charge is 0.359 e. The summed E-state index contributed by atoms with van der Waals surface area (Å²) >= 11 is 7.05. The summed E-state index contributed by atoms with van der Waals surface area (Å²) in [5, 5.41) is 5.71. The lowest BCUT2D eigenvalue weighted by atomic mass is 10.1. The molecule has 1 aliphatic heterocycles. The molecule has 108 valence electrons. The van der Waals surface area contributed by atoms with Crippen LogP contribution >= 0.6 is 34.5 Å². The van der Waals surface area contributed by atoms with Gasteiger partial charge in [-0.3, -0.25) is 0 Å². The van der Waals surface area contributed by atoms with Crippen molar-refractivity contribution >= 4 is 44.0 Å². The summed E-state index contributed by atoms with van der Waals surface area (Å²) in [6.45, 7) is 2.17. The first-order valence-corrected chi connectivity index (χ1v) is 9.67. The Morgan fingerprint density at radius 3 is 2.95 bits per heavy atom. The third-order valence-corrected chi connectivity index (χ3v) is 6.71. The summed E-state index contributed by atoms with van der Waals surface area (Å²) in [6.07, 6.45) is 3.18. The minimum atomic E-state index is -0.264. The maximum atomic E-state index is 10.9. The fourth-order valence-electron chi connectivity index (χ4n) is 2.31. The van der Waals surface area contributed by atoms with Crippen LogP contribution in [0.2, 0.25) is 0 Å². The van der Waals surface area contributed by atoms with Crippen molar-refractivity contribution in [2.45, 2.75) is 37.3 Å². The first-order chi connectivity index (χ1) is 9.74. The lowest BCUT2D eigenvalue weighted by Gasteiger charge is -2.15. The van der Waals surface area contributed by atoms with E-state index in [9.17, 15) is 4.79 Å². The average Bonchev–Trinajstić information content (AvgIpc) is 2.92. The van der Waals surface area contributed by atoms with Crippen molar-refractivity contribution in [3.05, 3.63) is 35.4 Å². The monoisotopic (exact) mass is 325 g/mol. The van der Waals surface area contributed by atoms with Gasteiger partial charge in [-0.25, -0.2) is 4.79 Å². The summed E-state index contributed by atoms with van der Waals surface area (Å²) < 4.78 is 0.801. The Morgan fingerprint density at radius 1 is 1.50 bits per heavy atom. The van der Waals surface area contributed by atoms with E-state index in [0.717, 1.165) is 35.1 Å². The van der Waals surface area contributed by atoms with Gasteiger partial charge in [-0.15, -0.1) is 0 Å². The molecule has 1 fully saturated rings. The molecule has 1 aliphatic rings. The summed E-state index contributed by atoms with van der Waals surface area (Å²) in [7, 11) is -0.264. The Bertz CT molecular complexity index is 538. The van der Waals surface area contributed by atoms with Crippen molar-refractivity contribution in [1.82, 2.24) is 5.32 Å². The Hall–Kier alpha value is -0.610. The maximum Gasteiger partial charge on any atom is 0.157 e. The average molecular weight is 326 g/mol. The van der Waals surface area contributed by atoms with Crippen molar-refractivity contribution in [1.29, 1.82) is 0 Å². The highest BCUT2D eigenvalue weighted by atomic mass is 32.2. The fraction of sp³-hybridized carbons (Fsp3) is 0.467. The molecule has 0 aromatic heterocycles. The summed E-state index contributed by atoms with van der Waals surface area (Å²) in [4.78, 5) is 10.9. The molecule has 0 radical (unpaired) electrons. The summed E-state index contributed by atoms with van der Waals surface area (Å²) in [5.41, 5.74) is 2.72. The molecule has 2 atom stereocenters. The highest BCUT2D eigenvalue weighted by Gasteiger charge is 2.21. The molecule has 1 saturated heterocycles. The van der Waals surface area contributed by atoms with Gasteiger partial charge in [-0.1, -0.05) is 65.7 Å². The number of benzene rings is 1. The zero-order valence-corrected chi connectivity index (χ0v) is 14.0.